The summed E-state index contributed by atoms with van der Waals surface area (Å²) in [5.74, 6) is 1.49. The number of nitrogens with zero attached hydrogens (tertiary/aromatic N) is 4. The van der Waals surface area contributed by atoms with Crippen LogP contribution >= 0.6 is 11.8 Å². The Hall–Kier alpha value is -1.43. The molecule has 90 valence electrons. The second kappa shape index (κ2) is 4.83. The first-order valence-corrected chi connectivity index (χ1v) is 6.57. The molecule has 17 heavy (non-hydrogen) atoms. The van der Waals surface area contributed by atoms with Gasteiger partial charge in [-0.1, -0.05) is 5.57 Å². The molecule has 0 spiro atoms. The summed E-state index contributed by atoms with van der Waals surface area (Å²) in [5.41, 5.74) is 1.13. The lowest BCUT2D eigenvalue weighted by molar-refractivity contribution is 0.914. The van der Waals surface area contributed by atoms with E-state index in [1.807, 2.05) is 13.2 Å². The van der Waals surface area contributed by atoms with Gasteiger partial charge >= 0.3 is 0 Å². The van der Waals surface area contributed by atoms with Crippen LogP contribution in [-0.2, 0) is 0 Å². The van der Waals surface area contributed by atoms with E-state index in [2.05, 4.69) is 31.9 Å². The van der Waals surface area contributed by atoms with Crippen LogP contribution < -0.4 is 5.32 Å². The Kier molecular flexibility index (Phi) is 3.42. The molecule has 2 rings (SSSR count). The Morgan fingerprint density at radius 2 is 2.47 bits per heavy atom. The summed E-state index contributed by atoms with van der Waals surface area (Å²) in [5, 5.41) is 3.07. The Balaban J connectivity index is 2.22. The van der Waals surface area contributed by atoms with Crippen LogP contribution in [0.25, 0.3) is 0 Å². The molecule has 0 bridgehead atoms. The molecule has 0 aliphatic carbocycles. The standard InChI is InChI=1S/C11H15N5S/c1-8(2)4-5-12-9-11(17-3)10(14-6-13-9)15-7-16-11/h6-7H,1,4-5H2,2-3H3,(H,12,13,14,15,16). The van der Waals surface area contributed by atoms with Gasteiger partial charge in [0.2, 0.25) is 4.87 Å². The first kappa shape index (κ1) is 12.0. The monoisotopic (exact) mass is 249 g/mol. The van der Waals surface area contributed by atoms with Crippen LogP contribution in [0.1, 0.15) is 13.3 Å². The number of amidine groups is 2. The summed E-state index contributed by atoms with van der Waals surface area (Å²) in [6.45, 7) is 6.57. The highest BCUT2D eigenvalue weighted by Gasteiger charge is 2.44. The van der Waals surface area contributed by atoms with Gasteiger partial charge in [0.25, 0.3) is 0 Å². The normalized spacial score (nSPS) is 27.9. The van der Waals surface area contributed by atoms with Gasteiger partial charge in [0.1, 0.15) is 12.2 Å². The van der Waals surface area contributed by atoms with E-state index in [1.54, 1.807) is 24.4 Å². The van der Waals surface area contributed by atoms with Gasteiger partial charge in [0, 0.05) is 6.54 Å². The van der Waals surface area contributed by atoms with Crippen LogP contribution in [0.5, 0.6) is 0 Å². The van der Waals surface area contributed by atoms with E-state index < -0.39 is 4.87 Å². The van der Waals surface area contributed by atoms with Crippen molar-refractivity contribution in [2.24, 2.45) is 20.0 Å². The molecule has 1 unspecified atom stereocenters. The number of hydrogen-bond donors (Lipinski definition) is 1. The summed E-state index contributed by atoms with van der Waals surface area (Å²) >= 11 is 1.57. The van der Waals surface area contributed by atoms with Crippen molar-refractivity contribution in [1.82, 2.24) is 5.32 Å². The molecule has 0 aromatic rings. The van der Waals surface area contributed by atoms with Crippen molar-refractivity contribution in [2.45, 2.75) is 18.2 Å². The van der Waals surface area contributed by atoms with Crippen molar-refractivity contribution >= 4 is 36.1 Å². The third kappa shape index (κ3) is 2.17. The van der Waals surface area contributed by atoms with Crippen LogP contribution in [0.15, 0.2) is 32.1 Å². The maximum Gasteiger partial charge on any atom is 0.223 e. The first-order chi connectivity index (χ1) is 8.19. The van der Waals surface area contributed by atoms with Crippen molar-refractivity contribution < 1.29 is 0 Å². The Bertz CT molecular complexity index is 449. The van der Waals surface area contributed by atoms with Gasteiger partial charge in [0.15, 0.2) is 5.84 Å². The number of thioether (sulfide) groups is 1. The van der Waals surface area contributed by atoms with Gasteiger partial charge in [-0.15, -0.1) is 18.3 Å². The smallest absolute Gasteiger partial charge is 0.223 e. The molecule has 0 saturated heterocycles. The van der Waals surface area contributed by atoms with E-state index in [0.717, 1.165) is 17.8 Å². The molecule has 2 aliphatic rings. The summed E-state index contributed by atoms with van der Waals surface area (Å²) in [4.78, 5) is 16.7. The minimum absolute atomic E-state index is 0.566. The lowest BCUT2D eigenvalue weighted by atomic mass is 10.2. The van der Waals surface area contributed by atoms with Crippen molar-refractivity contribution in [3.05, 3.63) is 12.2 Å². The average molecular weight is 249 g/mol. The van der Waals surface area contributed by atoms with Crippen LogP contribution in [0.3, 0.4) is 0 Å². The molecule has 0 aromatic carbocycles. The highest BCUT2D eigenvalue weighted by atomic mass is 32.2. The number of hydrogen-bond acceptors (Lipinski definition) is 5. The second-order valence-corrected chi connectivity index (χ2v) is 4.88. The van der Waals surface area contributed by atoms with Gasteiger partial charge in [0.05, 0.1) is 6.34 Å². The summed E-state index contributed by atoms with van der Waals surface area (Å²) < 4.78 is 0. The molecular weight excluding hydrogens is 234 g/mol. The molecular formula is C11H15N5S. The highest BCUT2D eigenvalue weighted by molar-refractivity contribution is 8.01. The molecule has 1 atom stereocenters. The lowest BCUT2D eigenvalue weighted by Gasteiger charge is -2.28. The average Bonchev–Trinajstić information content (AvgIpc) is 2.73. The van der Waals surface area contributed by atoms with Crippen LogP contribution in [0.2, 0.25) is 0 Å². The predicted molar refractivity (Wildman–Crippen MR) is 75.5 cm³/mol. The Morgan fingerprint density at radius 1 is 1.65 bits per heavy atom. The number of fused-ring (bicyclic) bond motifs is 1. The molecule has 6 heteroatoms. The molecule has 0 radical (unpaired) electrons. The molecule has 0 amide bonds. The van der Waals surface area contributed by atoms with E-state index >= 15 is 0 Å². The lowest BCUT2D eigenvalue weighted by Crippen LogP contribution is -2.50. The Labute approximate surface area is 105 Å². The fourth-order valence-corrected chi connectivity index (χ4v) is 2.36. The highest BCUT2D eigenvalue weighted by Crippen LogP contribution is 2.32. The van der Waals surface area contributed by atoms with Gasteiger partial charge < -0.3 is 5.32 Å². The largest absolute Gasteiger partial charge is 0.332 e. The number of aliphatic imine (C=N–C) groups is 4. The molecule has 1 N–H and O–H groups in total. The fraction of sp³-hybridized carbons (Fsp3) is 0.455. The number of rotatable bonds is 4. The van der Waals surface area contributed by atoms with Gasteiger partial charge in [-0.05, 0) is 19.6 Å². The molecule has 0 fully saturated rings. The SMILES string of the molecule is C=C(C)CCN=C1NC=NC2=NC=NC21SC. The van der Waals surface area contributed by atoms with E-state index in [9.17, 15) is 0 Å². The van der Waals surface area contributed by atoms with E-state index in [4.69, 9.17) is 0 Å². The van der Waals surface area contributed by atoms with Crippen LogP contribution in [0, 0.1) is 0 Å². The molecule has 5 nitrogen and oxygen atoms in total. The van der Waals surface area contributed by atoms with Gasteiger partial charge in [-0.2, -0.15) is 0 Å². The first-order valence-electron chi connectivity index (χ1n) is 5.34. The van der Waals surface area contributed by atoms with E-state index in [-0.39, 0.29) is 0 Å². The molecule has 2 aliphatic heterocycles. The maximum atomic E-state index is 4.55. The number of nitrogens with one attached hydrogen (secondary N) is 1. The topological polar surface area (TPSA) is 61.5 Å². The molecule has 0 aromatic heterocycles. The third-order valence-electron chi connectivity index (χ3n) is 2.54. The van der Waals surface area contributed by atoms with Gasteiger partial charge in [-0.25, -0.2) is 15.0 Å². The minimum atomic E-state index is -0.566. The van der Waals surface area contributed by atoms with Gasteiger partial charge in [-0.3, -0.25) is 4.99 Å². The van der Waals surface area contributed by atoms with Crippen molar-refractivity contribution in [1.29, 1.82) is 0 Å². The van der Waals surface area contributed by atoms with Crippen molar-refractivity contribution in [3.8, 4) is 0 Å². The molecule has 0 saturated carbocycles. The maximum absolute atomic E-state index is 4.55. The summed E-state index contributed by atoms with van der Waals surface area (Å²) in [6.07, 6.45) is 6.02. The van der Waals surface area contributed by atoms with E-state index in [1.165, 1.54) is 0 Å². The second-order valence-electron chi connectivity index (χ2n) is 3.89. The summed E-state index contributed by atoms with van der Waals surface area (Å²) in [7, 11) is 0. The quantitative estimate of drug-likeness (QED) is 0.767. The fourth-order valence-electron chi connectivity index (χ4n) is 1.60. The van der Waals surface area contributed by atoms with Crippen LogP contribution in [0.4, 0.5) is 0 Å². The van der Waals surface area contributed by atoms with Crippen molar-refractivity contribution in [3.63, 3.8) is 0 Å². The summed E-state index contributed by atoms with van der Waals surface area (Å²) in [6, 6.07) is 0. The van der Waals surface area contributed by atoms with Crippen molar-refractivity contribution in [2.75, 3.05) is 12.8 Å². The molecule has 2 heterocycles. The van der Waals surface area contributed by atoms with Crippen LogP contribution in [-0.4, -0.2) is 42.0 Å². The zero-order chi connectivity index (χ0) is 12.3. The zero-order valence-corrected chi connectivity index (χ0v) is 10.8. The van der Waals surface area contributed by atoms with E-state index in [0.29, 0.717) is 12.4 Å². The minimum Gasteiger partial charge on any atom is -0.332 e. The predicted octanol–water partition coefficient (Wildman–Crippen LogP) is 1.48. The Morgan fingerprint density at radius 3 is 3.18 bits per heavy atom. The zero-order valence-electron chi connectivity index (χ0n) is 9.97. The third-order valence-corrected chi connectivity index (χ3v) is 3.61.